The first-order valence-corrected chi connectivity index (χ1v) is 10.2. The topological polar surface area (TPSA) is 113 Å². The van der Waals surface area contributed by atoms with Crippen LogP contribution in [0.5, 0.6) is 5.88 Å². The van der Waals surface area contributed by atoms with E-state index >= 15 is 0 Å². The fourth-order valence-electron chi connectivity index (χ4n) is 4.06. The van der Waals surface area contributed by atoms with Crippen LogP contribution in [0.15, 0.2) is 36.8 Å². The van der Waals surface area contributed by atoms with E-state index < -0.39 is 5.82 Å². The fourth-order valence-corrected chi connectivity index (χ4v) is 4.06. The summed E-state index contributed by atoms with van der Waals surface area (Å²) in [6, 6.07) is 4.88. The third kappa shape index (κ3) is 4.09. The Labute approximate surface area is 189 Å². The molecule has 1 atom stereocenters. The molecule has 1 fully saturated rings. The van der Waals surface area contributed by atoms with Gasteiger partial charge in [0.1, 0.15) is 17.2 Å². The van der Waals surface area contributed by atoms with Crippen molar-refractivity contribution in [2.75, 3.05) is 23.9 Å². The zero-order valence-corrected chi connectivity index (χ0v) is 17.5. The molecular formula is C22H25FN8O2. The molecule has 1 aliphatic rings. The van der Waals surface area contributed by atoms with E-state index in [0.29, 0.717) is 34.3 Å². The van der Waals surface area contributed by atoms with Gasteiger partial charge in [0.2, 0.25) is 5.88 Å². The Morgan fingerprint density at radius 1 is 1.33 bits per heavy atom. The minimum absolute atomic E-state index is 0. The van der Waals surface area contributed by atoms with Gasteiger partial charge in [0, 0.05) is 30.1 Å². The standard InChI is InChI=1S/C21H21FN8O2.CH4/c1-12-8-17(28-27-12)25-20(31)15-11-24-30-7-5-18(26-19(15)30)29-6-3-4-16(29)14-9-13(22)10-23-21(14)32-2;/h5,7-11,16H,3-4,6H2,1-2H3,(H2,25,27,28,31);1H4/t16-;/m1./s1. The molecule has 4 aromatic heterocycles. The lowest BCUT2D eigenvalue weighted by molar-refractivity contribution is 0.102. The maximum absolute atomic E-state index is 13.9. The number of halogens is 1. The number of hydrogen-bond acceptors (Lipinski definition) is 7. The summed E-state index contributed by atoms with van der Waals surface area (Å²) in [5.41, 5.74) is 2.26. The van der Waals surface area contributed by atoms with Crippen molar-refractivity contribution in [1.82, 2.24) is 29.8 Å². The van der Waals surface area contributed by atoms with Crippen LogP contribution < -0.4 is 15.0 Å². The molecule has 172 valence electrons. The predicted molar refractivity (Wildman–Crippen MR) is 121 cm³/mol. The predicted octanol–water partition coefficient (Wildman–Crippen LogP) is 3.53. The van der Waals surface area contributed by atoms with Crippen LogP contribution >= 0.6 is 0 Å². The molecule has 2 N–H and O–H groups in total. The van der Waals surface area contributed by atoms with E-state index in [0.717, 1.165) is 31.3 Å². The van der Waals surface area contributed by atoms with Gasteiger partial charge >= 0.3 is 0 Å². The second kappa shape index (κ2) is 8.85. The highest BCUT2D eigenvalue weighted by molar-refractivity contribution is 6.07. The van der Waals surface area contributed by atoms with Gasteiger partial charge in [-0.25, -0.2) is 18.9 Å². The number of aryl methyl sites for hydroxylation is 1. The van der Waals surface area contributed by atoms with Crippen molar-refractivity contribution in [2.45, 2.75) is 33.2 Å². The van der Waals surface area contributed by atoms with E-state index in [9.17, 15) is 9.18 Å². The van der Waals surface area contributed by atoms with Crippen molar-refractivity contribution in [3.05, 3.63) is 59.4 Å². The number of carbonyl (C=O) groups excluding carboxylic acids is 1. The number of nitrogens with one attached hydrogen (secondary N) is 2. The Bertz CT molecular complexity index is 1300. The molecular weight excluding hydrogens is 427 g/mol. The van der Waals surface area contributed by atoms with Gasteiger partial charge in [-0.2, -0.15) is 10.2 Å². The normalized spacial score (nSPS) is 15.5. The van der Waals surface area contributed by atoms with E-state index in [4.69, 9.17) is 9.72 Å². The first-order valence-electron chi connectivity index (χ1n) is 10.2. The van der Waals surface area contributed by atoms with Gasteiger partial charge in [-0.3, -0.25) is 9.89 Å². The Balaban J connectivity index is 0.00000259. The van der Waals surface area contributed by atoms with Gasteiger partial charge in [0.05, 0.1) is 25.5 Å². The number of ether oxygens (including phenoxy) is 1. The molecule has 33 heavy (non-hydrogen) atoms. The number of anilines is 2. The highest BCUT2D eigenvalue weighted by Gasteiger charge is 2.31. The summed E-state index contributed by atoms with van der Waals surface area (Å²) < 4.78 is 20.8. The van der Waals surface area contributed by atoms with Crippen LogP contribution in [0.3, 0.4) is 0 Å². The quantitative estimate of drug-likeness (QED) is 0.476. The minimum Gasteiger partial charge on any atom is -0.481 e. The maximum atomic E-state index is 13.9. The lowest BCUT2D eigenvalue weighted by Crippen LogP contribution is -2.24. The third-order valence-corrected chi connectivity index (χ3v) is 5.49. The van der Waals surface area contributed by atoms with Crippen LogP contribution in [-0.4, -0.2) is 49.3 Å². The fraction of sp³-hybridized carbons (Fsp3) is 0.318. The Kier molecular flexibility index (Phi) is 5.95. The minimum atomic E-state index is -0.417. The lowest BCUT2D eigenvalue weighted by Gasteiger charge is -2.26. The largest absolute Gasteiger partial charge is 0.481 e. The Morgan fingerprint density at radius 2 is 2.18 bits per heavy atom. The highest BCUT2D eigenvalue weighted by atomic mass is 19.1. The third-order valence-electron chi connectivity index (χ3n) is 5.49. The van der Waals surface area contributed by atoms with E-state index in [1.54, 1.807) is 16.8 Å². The summed E-state index contributed by atoms with van der Waals surface area (Å²) in [5, 5.41) is 13.8. The smallest absolute Gasteiger partial charge is 0.262 e. The number of aromatic amines is 1. The van der Waals surface area contributed by atoms with Crippen LogP contribution in [0, 0.1) is 12.7 Å². The molecule has 5 rings (SSSR count). The highest BCUT2D eigenvalue weighted by Crippen LogP contribution is 2.38. The molecule has 0 unspecified atom stereocenters. The van der Waals surface area contributed by atoms with Gasteiger partial charge in [0.15, 0.2) is 11.5 Å². The first-order chi connectivity index (χ1) is 15.5. The second-order valence-corrected chi connectivity index (χ2v) is 7.61. The number of rotatable bonds is 5. The van der Waals surface area contributed by atoms with Gasteiger partial charge in [-0.05, 0) is 31.9 Å². The van der Waals surface area contributed by atoms with Crippen molar-refractivity contribution in [2.24, 2.45) is 0 Å². The van der Waals surface area contributed by atoms with Gasteiger partial charge < -0.3 is 15.0 Å². The number of pyridine rings is 1. The van der Waals surface area contributed by atoms with Gasteiger partial charge in [0.25, 0.3) is 5.91 Å². The number of aromatic nitrogens is 6. The molecule has 5 heterocycles. The summed E-state index contributed by atoms with van der Waals surface area (Å²) in [7, 11) is 1.52. The molecule has 1 amide bonds. The van der Waals surface area contributed by atoms with Crippen LogP contribution in [-0.2, 0) is 0 Å². The van der Waals surface area contributed by atoms with Crippen LogP contribution in [0.25, 0.3) is 5.65 Å². The van der Waals surface area contributed by atoms with E-state index in [-0.39, 0.29) is 19.4 Å². The van der Waals surface area contributed by atoms with Gasteiger partial charge in [-0.1, -0.05) is 7.43 Å². The molecule has 4 aromatic rings. The lowest BCUT2D eigenvalue weighted by atomic mass is 10.1. The molecule has 0 aliphatic carbocycles. The first kappa shape index (κ1) is 22.2. The van der Waals surface area contributed by atoms with Crippen LogP contribution in [0.1, 0.15) is 47.9 Å². The van der Waals surface area contributed by atoms with Crippen LogP contribution in [0.2, 0.25) is 0 Å². The molecule has 0 radical (unpaired) electrons. The van der Waals surface area contributed by atoms with Crippen molar-refractivity contribution in [1.29, 1.82) is 0 Å². The Hall–Kier alpha value is -4.02. The van der Waals surface area contributed by atoms with Crippen molar-refractivity contribution in [3.8, 4) is 5.88 Å². The molecule has 0 bridgehead atoms. The van der Waals surface area contributed by atoms with Gasteiger partial charge in [-0.15, -0.1) is 0 Å². The molecule has 10 nitrogen and oxygen atoms in total. The van der Waals surface area contributed by atoms with Crippen molar-refractivity contribution >= 4 is 23.2 Å². The van der Waals surface area contributed by atoms with Crippen molar-refractivity contribution < 1.29 is 13.9 Å². The number of fused-ring (bicyclic) bond motifs is 1. The summed E-state index contributed by atoms with van der Waals surface area (Å²) in [5.74, 6) is 0.706. The van der Waals surface area contributed by atoms with Crippen molar-refractivity contribution in [3.63, 3.8) is 0 Å². The SMILES string of the molecule is C.COc1ncc(F)cc1[C@H]1CCCN1c1ccn2ncc(C(=O)Nc3cc(C)[nH]n3)c2n1. The zero-order chi connectivity index (χ0) is 22.2. The number of amides is 1. The Morgan fingerprint density at radius 3 is 2.94 bits per heavy atom. The molecule has 1 aliphatic heterocycles. The number of hydrogen-bond donors (Lipinski definition) is 2. The number of H-pyrrole nitrogens is 1. The zero-order valence-electron chi connectivity index (χ0n) is 17.5. The number of nitrogens with zero attached hydrogens (tertiary/aromatic N) is 6. The molecule has 0 spiro atoms. The maximum Gasteiger partial charge on any atom is 0.262 e. The summed E-state index contributed by atoms with van der Waals surface area (Å²) >= 11 is 0. The molecule has 11 heteroatoms. The summed E-state index contributed by atoms with van der Waals surface area (Å²) in [6.07, 6.45) is 6.08. The molecule has 1 saturated heterocycles. The molecule has 0 saturated carbocycles. The second-order valence-electron chi connectivity index (χ2n) is 7.61. The van der Waals surface area contributed by atoms with E-state index in [1.165, 1.54) is 19.4 Å². The van der Waals surface area contributed by atoms with E-state index in [2.05, 4.69) is 30.5 Å². The van der Waals surface area contributed by atoms with E-state index in [1.807, 2.05) is 13.0 Å². The average Bonchev–Trinajstić information content (AvgIpc) is 3.52. The molecule has 0 aromatic carbocycles. The number of carbonyl (C=O) groups is 1. The monoisotopic (exact) mass is 452 g/mol. The number of methoxy groups -OCH3 is 1. The summed E-state index contributed by atoms with van der Waals surface area (Å²) in [6.45, 7) is 2.58. The van der Waals surface area contributed by atoms with Crippen LogP contribution in [0.4, 0.5) is 16.0 Å². The summed E-state index contributed by atoms with van der Waals surface area (Å²) in [4.78, 5) is 23.7. The average molecular weight is 452 g/mol.